The average molecular weight is 231 g/mol. The van der Waals surface area contributed by atoms with Crippen LogP contribution in [0.1, 0.15) is 5.56 Å². The number of rotatable bonds is 2. The largest absolute Gasteiger partial charge is 0.359 e. The second-order valence-electron chi connectivity index (χ2n) is 2.62. The molecule has 1 rings (SSSR count). The van der Waals surface area contributed by atoms with Crippen molar-refractivity contribution in [3.8, 4) is 0 Å². The highest BCUT2D eigenvalue weighted by molar-refractivity contribution is 7.30. The fourth-order valence-corrected chi connectivity index (χ4v) is 0.870. The first kappa shape index (κ1) is 13.8. The van der Waals surface area contributed by atoms with Crippen LogP contribution in [0.15, 0.2) is 30.3 Å². The predicted octanol–water partition coefficient (Wildman–Crippen LogP) is 0.336. The van der Waals surface area contributed by atoms with Crippen molar-refractivity contribution in [3.05, 3.63) is 35.9 Å². The Morgan fingerprint density at radius 2 is 1.80 bits per heavy atom. The number of amides is 1. The minimum absolute atomic E-state index is 0.0520. The second-order valence-corrected chi connectivity index (χ2v) is 3.18. The van der Waals surface area contributed by atoms with Crippen molar-refractivity contribution in [1.29, 1.82) is 0 Å². The van der Waals surface area contributed by atoms with Crippen LogP contribution in [0.25, 0.3) is 0 Å². The van der Waals surface area contributed by atoms with Crippen LogP contribution in [0.3, 0.4) is 0 Å². The van der Waals surface area contributed by atoms with Gasteiger partial charge in [0.15, 0.2) is 0 Å². The van der Waals surface area contributed by atoms with Crippen molar-refractivity contribution < 1.29 is 19.1 Å². The van der Waals surface area contributed by atoms with Crippen molar-refractivity contribution in [2.45, 2.75) is 6.42 Å². The molecule has 0 fully saturated rings. The molecule has 0 aliphatic heterocycles. The Balaban J connectivity index is 0.000000423. The minimum atomic E-state index is -3.13. The zero-order valence-electron chi connectivity index (χ0n) is 8.30. The van der Waals surface area contributed by atoms with E-state index in [0.717, 1.165) is 5.56 Å². The van der Waals surface area contributed by atoms with Gasteiger partial charge >= 0.3 is 8.25 Å². The van der Waals surface area contributed by atoms with Gasteiger partial charge in [0.1, 0.15) is 0 Å². The topological polar surface area (TPSA) is 86.6 Å². The zero-order valence-corrected chi connectivity index (χ0v) is 9.30. The van der Waals surface area contributed by atoms with Crippen molar-refractivity contribution in [1.82, 2.24) is 5.32 Å². The van der Waals surface area contributed by atoms with Gasteiger partial charge in [-0.3, -0.25) is 9.36 Å². The summed E-state index contributed by atoms with van der Waals surface area (Å²) in [6.45, 7) is 0. The first-order chi connectivity index (χ1) is 7.06. The summed E-state index contributed by atoms with van der Waals surface area (Å²) < 4.78 is 8.74. The van der Waals surface area contributed by atoms with Gasteiger partial charge in [-0.1, -0.05) is 30.3 Å². The summed E-state index contributed by atoms with van der Waals surface area (Å²) in [6, 6.07) is 9.67. The number of benzene rings is 1. The van der Waals surface area contributed by atoms with Crippen LogP contribution in [0, 0.1) is 0 Å². The summed E-state index contributed by atoms with van der Waals surface area (Å²) in [6.07, 6.45) is 0.470. The molecule has 0 aromatic heterocycles. The van der Waals surface area contributed by atoms with Crippen LogP contribution >= 0.6 is 8.25 Å². The van der Waals surface area contributed by atoms with Crippen LogP contribution in [-0.4, -0.2) is 22.7 Å². The first-order valence-corrected chi connectivity index (χ1v) is 5.53. The molecule has 0 saturated carbocycles. The molecule has 0 spiro atoms. The molecule has 3 N–H and O–H groups in total. The highest BCUT2D eigenvalue weighted by Crippen LogP contribution is 1.99. The van der Waals surface area contributed by atoms with E-state index in [-0.39, 0.29) is 5.91 Å². The van der Waals surface area contributed by atoms with E-state index in [9.17, 15) is 4.79 Å². The van der Waals surface area contributed by atoms with E-state index in [2.05, 4.69) is 5.32 Å². The first-order valence-electron chi connectivity index (χ1n) is 4.22. The maximum absolute atomic E-state index is 10.9. The fourth-order valence-electron chi connectivity index (χ4n) is 0.870. The molecule has 15 heavy (non-hydrogen) atoms. The lowest BCUT2D eigenvalue weighted by Gasteiger charge is -1.98. The van der Waals surface area contributed by atoms with Gasteiger partial charge in [0.25, 0.3) is 0 Å². The normalized spacial score (nSPS) is 9.07. The number of carbonyl (C=O) groups excluding carboxylic acids is 1. The summed E-state index contributed by atoms with van der Waals surface area (Å²) in [7, 11) is -1.49. The molecule has 0 aliphatic rings. The Labute approximate surface area is 88.7 Å². The van der Waals surface area contributed by atoms with E-state index in [0.29, 0.717) is 6.42 Å². The van der Waals surface area contributed by atoms with Crippen molar-refractivity contribution in [3.63, 3.8) is 0 Å². The number of nitrogens with one attached hydrogen (secondary N) is 1. The highest BCUT2D eigenvalue weighted by Gasteiger charge is 1.97. The van der Waals surface area contributed by atoms with Crippen molar-refractivity contribution in [2.24, 2.45) is 0 Å². The van der Waals surface area contributed by atoms with Gasteiger partial charge in [-0.15, -0.1) is 0 Å². The lowest BCUT2D eigenvalue weighted by atomic mass is 10.1. The smallest absolute Gasteiger partial charge is 0.314 e. The Morgan fingerprint density at radius 3 is 2.20 bits per heavy atom. The fraction of sp³-hybridized carbons (Fsp3) is 0.222. The van der Waals surface area contributed by atoms with Gasteiger partial charge in [0.05, 0.1) is 6.42 Å². The van der Waals surface area contributed by atoms with E-state index in [1.54, 1.807) is 7.05 Å². The van der Waals surface area contributed by atoms with E-state index in [1.807, 2.05) is 30.3 Å². The van der Waals surface area contributed by atoms with Gasteiger partial charge in [-0.05, 0) is 5.56 Å². The Hall–Kier alpha value is -1.16. The average Bonchev–Trinajstić information content (AvgIpc) is 2.18. The molecule has 0 saturated heterocycles. The second kappa shape index (κ2) is 8.17. The number of carbonyl (C=O) groups is 1. The highest BCUT2D eigenvalue weighted by atomic mass is 31.1. The Bertz CT molecular complexity index is 311. The molecule has 0 aliphatic carbocycles. The Kier molecular flexibility index (Phi) is 7.54. The van der Waals surface area contributed by atoms with E-state index in [1.165, 1.54) is 0 Å². The summed E-state index contributed by atoms with van der Waals surface area (Å²) in [5, 5.41) is 2.57. The maximum Gasteiger partial charge on any atom is 0.314 e. The molecule has 0 heterocycles. The lowest BCUT2D eigenvalue weighted by molar-refractivity contribution is -0.119. The summed E-state index contributed by atoms with van der Waals surface area (Å²) in [5.74, 6) is 0.0520. The van der Waals surface area contributed by atoms with Crippen LogP contribution < -0.4 is 5.32 Å². The van der Waals surface area contributed by atoms with Crippen LogP contribution in [0.2, 0.25) is 0 Å². The summed E-state index contributed by atoms with van der Waals surface area (Å²) >= 11 is 0. The predicted molar refractivity (Wildman–Crippen MR) is 57.7 cm³/mol. The molecule has 0 atom stereocenters. The van der Waals surface area contributed by atoms with Gasteiger partial charge < -0.3 is 15.1 Å². The number of hydrogen-bond acceptors (Lipinski definition) is 2. The van der Waals surface area contributed by atoms with E-state index < -0.39 is 8.25 Å². The molecule has 1 aromatic carbocycles. The minimum Gasteiger partial charge on any atom is -0.359 e. The van der Waals surface area contributed by atoms with Gasteiger partial charge in [-0.25, -0.2) is 0 Å². The van der Waals surface area contributed by atoms with Gasteiger partial charge in [0, 0.05) is 7.05 Å². The lowest BCUT2D eigenvalue weighted by Crippen LogP contribution is -2.19. The van der Waals surface area contributed by atoms with E-state index in [4.69, 9.17) is 14.4 Å². The summed E-state index contributed by atoms with van der Waals surface area (Å²) in [4.78, 5) is 25.2. The molecule has 6 heteroatoms. The third kappa shape index (κ3) is 9.15. The third-order valence-corrected chi connectivity index (χ3v) is 1.49. The van der Waals surface area contributed by atoms with Crippen LogP contribution in [0.4, 0.5) is 0 Å². The molecular weight excluding hydrogens is 217 g/mol. The number of likely N-dealkylation sites (N-methyl/N-ethyl adjacent to an activating group) is 1. The monoisotopic (exact) mass is 231 g/mol. The molecule has 1 amide bonds. The van der Waals surface area contributed by atoms with Crippen LogP contribution in [0.5, 0.6) is 0 Å². The maximum atomic E-state index is 10.9. The standard InChI is InChI=1S/C9H11NO.H3O3P/c1-10-9(11)7-8-5-3-2-4-6-8;1-4(2)3/h2-6H,7H2,1H3,(H,10,11);4H,(H2,1,2,3). The molecule has 5 nitrogen and oxygen atoms in total. The molecule has 0 bridgehead atoms. The third-order valence-electron chi connectivity index (χ3n) is 1.49. The van der Waals surface area contributed by atoms with Crippen molar-refractivity contribution >= 4 is 14.2 Å². The quantitative estimate of drug-likeness (QED) is 0.640. The van der Waals surface area contributed by atoms with E-state index >= 15 is 0 Å². The molecule has 1 aromatic rings. The van der Waals surface area contributed by atoms with Crippen molar-refractivity contribution in [2.75, 3.05) is 7.05 Å². The summed E-state index contributed by atoms with van der Waals surface area (Å²) in [5.41, 5.74) is 1.05. The molecular formula is C9H14NO4P. The van der Waals surface area contributed by atoms with Gasteiger partial charge in [0.2, 0.25) is 5.91 Å². The molecule has 84 valence electrons. The SMILES string of the molecule is CNC(=O)Cc1ccccc1.O=[PH](O)O. The number of hydrogen-bond donors (Lipinski definition) is 3. The van der Waals surface area contributed by atoms with Gasteiger partial charge in [-0.2, -0.15) is 0 Å². The van der Waals surface area contributed by atoms with Crippen LogP contribution in [-0.2, 0) is 15.8 Å². The Morgan fingerprint density at radius 1 is 1.33 bits per heavy atom. The zero-order chi connectivity index (χ0) is 11.7. The molecule has 0 unspecified atom stereocenters. The molecule has 0 radical (unpaired) electrons.